The maximum atomic E-state index is 14.4. The van der Waals surface area contributed by atoms with E-state index in [2.05, 4.69) is 20.4 Å². The SMILES string of the molecule is Cc1cc(Nc2cc(N3CCOCC3)n3nc(C)c(Cc4ccc(F)cc4F)c3n2)n[nH]1. The zero-order valence-corrected chi connectivity index (χ0v) is 17.8. The summed E-state index contributed by atoms with van der Waals surface area (Å²) in [7, 11) is 0. The highest BCUT2D eigenvalue weighted by atomic mass is 19.1. The van der Waals surface area contributed by atoms with E-state index in [0.717, 1.165) is 41.9 Å². The van der Waals surface area contributed by atoms with Crippen molar-refractivity contribution >= 4 is 23.1 Å². The normalized spacial score (nSPS) is 14.3. The van der Waals surface area contributed by atoms with E-state index in [9.17, 15) is 8.78 Å². The number of aromatic amines is 1. The first-order valence-corrected chi connectivity index (χ1v) is 10.4. The molecule has 1 saturated heterocycles. The number of nitrogens with one attached hydrogen (secondary N) is 2. The molecule has 0 unspecified atom stereocenters. The van der Waals surface area contributed by atoms with Gasteiger partial charge in [0.05, 0.1) is 18.9 Å². The quantitative estimate of drug-likeness (QED) is 0.495. The topological polar surface area (TPSA) is 83.4 Å². The molecule has 2 N–H and O–H groups in total. The molecule has 0 bridgehead atoms. The van der Waals surface area contributed by atoms with E-state index in [1.54, 1.807) is 4.52 Å². The van der Waals surface area contributed by atoms with Gasteiger partial charge in [0, 0.05) is 49.0 Å². The predicted octanol–water partition coefficient (Wildman–Crippen LogP) is 3.52. The van der Waals surface area contributed by atoms with Crippen LogP contribution >= 0.6 is 0 Å². The number of halogens is 2. The second kappa shape index (κ2) is 8.19. The molecule has 1 fully saturated rings. The van der Waals surface area contributed by atoms with Crippen molar-refractivity contribution in [2.75, 3.05) is 36.5 Å². The summed E-state index contributed by atoms with van der Waals surface area (Å²) >= 11 is 0. The summed E-state index contributed by atoms with van der Waals surface area (Å²) in [5, 5.41) is 15.1. The third kappa shape index (κ3) is 3.89. The lowest BCUT2D eigenvalue weighted by atomic mass is 10.0. The monoisotopic (exact) mass is 439 g/mol. The molecule has 1 aliphatic heterocycles. The van der Waals surface area contributed by atoms with Crippen LogP contribution in [0.5, 0.6) is 0 Å². The molecule has 32 heavy (non-hydrogen) atoms. The second-order valence-electron chi connectivity index (χ2n) is 7.87. The van der Waals surface area contributed by atoms with Gasteiger partial charge in [0.1, 0.15) is 23.3 Å². The molecule has 0 amide bonds. The number of benzene rings is 1. The van der Waals surface area contributed by atoms with Crippen molar-refractivity contribution in [2.45, 2.75) is 20.3 Å². The molecule has 4 heterocycles. The second-order valence-corrected chi connectivity index (χ2v) is 7.87. The molecule has 10 heteroatoms. The number of hydrogen-bond acceptors (Lipinski definition) is 6. The Morgan fingerprint density at radius 1 is 1.09 bits per heavy atom. The summed E-state index contributed by atoms with van der Waals surface area (Å²) < 4.78 is 35.1. The zero-order valence-electron chi connectivity index (χ0n) is 17.8. The molecule has 0 atom stereocenters. The summed E-state index contributed by atoms with van der Waals surface area (Å²) in [6.07, 6.45) is 0.252. The molecule has 5 rings (SSSR count). The van der Waals surface area contributed by atoms with Crippen molar-refractivity contribution in [1.29, 1.82) is 0 Å². The van der Waals surface area contributed by atoms with E-state index >= 15 is 0 Å². The number of aromatic nitrogens is 5. The lowest BCUT2D eigenvalue weighted by Crippen LogP contribution is -2.37. The Kier molecular flexibility index (Phi) is 5.22. The van der Waals surface area contributed by atoms with E-state index in [-0.39, 0.29) is 6.42 Å². The Morgan fingerprint density at radius 2 is 1.91 bits per heavy atom. The smallest absolute Gasteiger partial charge is 0.163 e. The van der Waals surface area contributed by atoms with Crippen molar-refractivity contribution in [1.82, 2.24) is 24.8 Å². The molecule has 1 aromatic carbocycles. The van der Waals surface area contributed by atoms with Gasteiger partial charge < -0.3 is 15.0 Å². The average molecular weight is 439 g/mol. The lowest BCUT2D eigenvalue weighted by Gasteiger charge is -2.29. The van der Waals surface area contributed by atoms with Crippen LogP contribution in [-0.2, 0) is 11.2 Å². The molecule has 0 spiro atoms. The number of ether oxygens (including phenoxy) is 1. The van der Waals surface area contributed by atoms with Crippen LogP contribution in [0.4, 0.5) is 26.2 Å². The first-order chi connectivity index (χ1) is 15.5. The van der Waals surface area contributed by atoms with E-state index in [1.165, 1.54) is 12.1 Å². The Labute approximate surface area is 183 Å². The fraction of sp³-hybridized carbons (Fsp3) is 0.318. The molecule has 8 nitrogen and oxygen atoms in total. The fourth-order valence-electron chi connectivity index (χ4n) is 3.91. The first-order valence-electron chi connectivity index (χ1n) is 10.4. The third-order valence-electron chi connectivity index (χ3n) is 5.55. The van der Waals surface area contributed by atoms with Gasteiger partial charge in [-0.2, -0.15) is 14.7 Å². The molecule has 0 aliphatic carbocycles. The summed E-state index contributed by atoms with van der Waals surface area (Å²) in [5.41, 5.74) is 3.45. The van der Waals surface area contributed by atoms with Gasteiger partial charge in [-0.15, -0.1) is 0 Å². The Hall–Kier alpha value is -3.53. The predicted molar refractivity (Wildman–Crippen MR) is 117 cm³/mol. The minimum atomic E-state index is -0.601. The van der Waals surface area contributed by atoms with E-state index in [4.69, 9.17) is 14.8 Å². The van der Waals surface area contributed by atoms with Crippen LogP contribution in [0, 0.1) is 25.5 Å². The number of aryl methyl sites for hydroxylation is 2. The van der Waals surface area contributed by atoms with Gasteiger partial charge in [-0.25, -0.2) is 13.8 Å². The van der Waals surface area contributed by atoms with Crippen LogP contribution < -0.4 is 10.2 Å². The fourth-order valence-corrected chi connectivity index (χ4v) is 3.91. The molecule has 3 aromatic heterocycles. The van der Waals surface area contributed by atoms with Gasteiger partial charge in [-0.3, -0.25) is 5.10 Å². The molecular weight excluding hydrogens is 416 g/mol. The van der Waals surface area contributed by atoms with Crippen molar-refractivity contribution in [3.8, 4) is 0 Å². The van der Waals surface area contributed by atoms with E-state index in [0.29, 0.717) is 36.1 Å². The summed E-state index contributed by atoms with van der Waals surface area (Å²) in [6, 6.07) is 7.44. The number of nitrogens with zero attached hydrogens (tertiary/aromatic N) is 5. The van der Waals surface area contributed by atoms with Gasteiger partial charge >= 0.3 is 0 Å². The van der Waals surface area contributed by atoms with Crippen LogP contribution in [0.15, 0.2) is 30.3 Å². The van der Waals surface area contributed by atoms with Crippen LogP contribution in [-0.4, -0.2) is 51.1 Å². The first kappa shape index (κ1) is 20.4. The highest BCUT2D eigenvalue weighted by Crippen LogP contribution is 2.28. The van der Waals surface area contributed by atoms with E-state index in [1.807, 2.05) is 26.0 Å². The third-order valence-corrected chi connectivity index (χ3v) is 5.55. The van der Waals surface area contributed by atoms with Crippen molar-refractivity contribution < 1.29 is 13.5 Å². The number of fused-ring (bicyclic) bond motifs is 1. The largest absolute Gasteiger partial charge is 0.378 e. The Bertz CT molecular complexity index is 1280. The number of rotatable bonds is 5. The summed E-state index contributed by atoms with van der Waals surface area (Å²) in [6.45, 7) is 6.49. The van der Waals surface area contributed by atoms with Crippen molar-refractivity contribution in [2.24, 2.45) is 0 Å². The van der Waals surface area contributed by atoms with Gasteiger partial charge in [0.25, 0.3) is 0 Å². The molecule has 0 radical (unpaired) electrons. The molecule has 4 aromatic rings. The Balaban J connectivity index is 1.62. The molecule has 1 aliphatic rings. The minimum absolute atomic E-state index is 0.252. The van der Waals surface area contributed by atoms with Crippen LogP contribution in [0.3, 0.4) is 0 Å². The number of morpholine rings is 1. The molecule has 166 valence electrons. The summed E-state index contributed by atoms with van der Waals surface area (Å²) in [5.74, 6) is 0.928. The standard InChI is InChI=1S/C22H23F2N7O/c1-13-9-20(28-27-13)25-19-12-21(30-5-7-32-8-6-30)31-22(26-19)17(14(2)29-31)10-15-3-4-16(23)11-18(15)24/h3-4,9,11-12H,5-8,10H2,1-2H3,(H2,25,26,27,28). The van der Waals surface area contributed by atoms with Crippen molar-refractivity contribution in [3.63, 3.8) is 0 Å². The maximum absolute atomic E-state index is 14.4. The maximum Gasteiger partial charge on any atom is 0.163 e. The van der Waals surface area contributed by atoms with Crippen LogP contribution in [0.25, 0.3) is 5.65 Å². The summed E-state index contributed by atoms with van der Waals surface area (Å²) in [4.78, 5) is 6.97. The van der Waals surface area contributed by atoms with Crippen molar-refractivity contribution in [3.05, 3.63) is 64.5 Å². The number of H-pyrrole nitrogens is 1. The zero-order chi connectivity index (χ0) is 22.2. The van der Waals surface area contributed by atoms with Gasteiger partial charge in [0.2, 0.25) is 0 Å². The van der Waals surface area contributed by atoms with E-state index < -0.39 is 11.6 Å². The molecular formula is C22H23F2N7O. The number of hydrogen-bond donors (Lipinski definition) is 2. The Morgan fingerprint density at radius 3 is 2.62 bits per heavy atom. The van der Waals surface area contributed by atoms with Crippen LogP contribution in [0.1, 0.15) is 22.5 Å². The van der Waals surface area contributed by atoms with Gasteiger partial charge in [-0.05, 0) is 25.5 Å². The minimum Gasteiger partial charge on any atom is -0.378 e. The average Bonchev–Trinajstić information content (AvgIpc) is 3.32. The lowest BCUT2D eigenvalue weighted by molar-refractivity contribution is 0.122. The highest BCUT2D eigenvalue weighted by molar-refractivity contribution is 5.66. The van der Waals surface area contributed by atoms with Gasteiger partial charge in [0.15, 0.2) is 11.5 Å². The van der Waals surface area contributed by atoms with Gasteiger partial charge in [-0.1, -0.05) is 6.07 Å². The van der Waals surface area contributed by atoms with Crippen LogP contribution in [0.2, 0.25) is 0 Å². The molecule has 0 saturated carbocycles. The number of anilines is 3. The highest BCUT2D eigenvalue weighted by Gasteiger charge is 2.21.